The Kier molecular flexibility index (Phi) is 5.57. The Morgan fingerprint density at radius 1 is 1.31 bits per heavy atom. The van der Waals surface area contributed by atoms with E-state index < -0.39 is 29.7 Å². The van der Waals surface area contributed by atoms with Crippen LogP contribution in [-0.4, -0.2) is 70.0 Å². The number of nitrogens with one attached hydrogen (secondary N) is 1. The maximum atomic E-state index is 12.7. The molecule has 3 amide bonds. The molecular weight excluding hydrogens is 355 g/mol. The van der Waals surface area contributed by atoms with Crippen molar-refractivity contribution in [3.05, 3.63) is 17.5 Å². The van der Waals surface area contributed by atoms with Crippen molar-refractivity contribution in [2.45, 2.75) is 32.6 Å². The van der Waals surface area contributed by atoms with Crippen molar-refractivity contribution in [1.82, 2.24) is 24.9 Å². The average Bonchev–Trinajstić information content (AvgIpc) is 2.94. The average molecular weight is 375 g/mol. The number of carbonyl (C=O) groups excluding carboxylic acids is 3. The van der Waals surface area contributed by atoms with Crippen LogP contribution < -0.4 is 5.32 Å². The van der Waals surface area contributed by atoms with E-state index in [-0.39, 0.29) is 37.8 Å². The number of hydrogen-bond acceptors (Lipinski definition) is 4. The maximum absolute atomic E-state index is 12.7. The number of alkyl halides is 3. The second kappa shape index (κ2) is 7.34. The molecule has 1 aromatic heterocycles. The molecule has 1 aliphatic rings. The summed E-state index contributed by atoms with van der Waals surface area (Å²) < 4.78 is 39.1. The van der Waals surface area contributed by atoms with Crippen LogP contribution in [0.2, 0.25) is 0 Å². The highest BCUT2D eigenvalue weighted by atomic mass is 19.4. The molecule has 1 aliphatic heterocycles. The number of halogens is 3. The summed E-state index contributed by atoms with van der Waals surface area (Å²) in [5.41, 5.74) is -0.858. The van der Waals surface area contributed by atoms with Crippen LogP contribution in [-0.2, 0) is 27.1 Å². The van der Waals surface area contributed by atoms with Crippen LogP contribution in [0.15, 0.2) is 6.07 Å². The molecule has 0 radical (unpaired) electrons. The highest BCUT2D eigenvalue weighted by Gasteiger charge is 2.37. The summed E-state index contributed by atoms with van der Waals surface area (Å²) in [6, 6.07) is 0.0357. The topological polar surface area (TPSA) is 87.5 Å². The Hall–Kier alpha value is -2.59. The number of hydrogen-bond donors (Lipinski definition) is 1. The molecular formula is C15H20F3N5O3. The largest absolute Gasteiger partial charge is 0.435 e. The smallest absolute Gasteiger partial charge is 0.357 e. The van der Waals surface area contributed by atoms with Crippen LogP contribution in [0.1, 0.15) is 18.3 Å². The molecule has 8 nitrogen and oxygen atoms in total. The van der Waals surface area contributed by atoms with Crippen LogP contribution in [0.3, 0.4) is 0 Å². The number of rotatable bonds is 3. The van der Waals surface area contributed by atoms with Crippen molar-refractivity contribution >= 4 is 17.7 Å². The van der Waals surface area contributed by atoms with Gasteiger partial charge in [-0.3, -0.25) is 19.1 Å². The van der Waals surface area contributed by atoms with Gasteiger partial charge in [0.25, 0.3) is 0 Å². The SMILES string of the molecule is CNC(=O)[C@@H]1CN(C(=O)Cn2nc(C(F)(F)F)cc2C)CCN1C(C)=O. The molecule has 0 bridgehead atoms. The van der Waals surface area contributed by atoms with Crippen molar-refractivity contribution in [1.29, 1.82) is 0 Å². The molecule has 2 heterocycles. The quantitative estimate of drug-likeness (QED) is 0.807. The van der Waals surface area contributed by atoms with E-state index in [1.54, 1.807) is 0 Å². The number of aryl methyl sites for hydroxylation is 1. The minimum atomic E-state index is -4.59. The van der Waals surface area contributed by atoms with Gasteiger partial charge in [0.15, 0.2) is 5.69 Å². The minimum Gasteiger partial charge on any atom is -0.357 e. The normalized spacial score (nSPS) is 18.0. The number of piperazine rings is 1. The molecule has 1 saturated heterocycles. The molecule has 0 aliphatic carbocycles. The number of aromatic nitrogens is 2. The fourth-order valence-corrected chi connectivity index (χ4v) is 2.81. The molecule has 1 fully saturated rings. The third-order valence-electron chi connectivity index (χ3n) is 4.24. The predicted octanol–water partition coefficient (Wildman–Crippen LogP) is 0.0156. The summed E-state index contributed by atoms with van der Waals surface area (Å²) in [5.74, 6) is -1.17. The monoisotopic (exact) mass is 375 g/mol. The van der Waals surface area contributed by atoms with Gasteiger partial charge in [0.05, 0.1) is 6.54 Å². The van der Waals surface area contributed by atoms with Gasteiger partial charge in [0.1, 0.15) is 12.6 Å². The van der Waals surface area contributed by atoms with Gasteiger partial charge < -0.3 is 15.1 Å². The van der Waals surface area contributed by atoms with Gasteiger partial charge >= 0.3 is 6.18 Å². The zero-order valence-corrected chi connectivity index (χ0v) is 14.6. The molecule has 1 aromatic rings. The summed E-state index contributed by atoms with van der Waals surface area (Å²) in [6.07, 6.45) is -4.59. The molecule has 11 heteroatoms. The minimum absolute atomic E-state index is 0.0233. The predicted molar refractivity (Wildman–Crippen MR) is 83.8 cm³/mol. The molecule has 0 spiro atoms. The number of likely N-dealkylation sites (N-methyl/N-ethyl adjacent to an activating group) is 1. The zero-order chi connectivity index (χ0) is 19.6. The first-order valence-corrected chi connectivity index (χ1v) is 7.92. The lowest BCUT2D eigenvalue weighted by atomic mass is 10.1. The molecule has 0 aromatic carbocycles. The maximum Gasteiger partial charge on any atom is 0.435 e. The molecule has 2 rings (SSSR count). The van der Waals surface area contributed by atoms with Crippen molar-refractivity contribution in [3.63, 3.8) is 0 Å². The van der Waals surface area contributed by atoms with Crippen LogP contribution in [0.5, 0.6) is 0 Å². The summed E-state index contributed by atoms with van der Waals surface area (Å²) in [6.45, 7) is 2.73. The van der Waals surface area contributed by atoms with Crippen molar-refractivity contribution in [3.8, 4) is 0 Å². The third kappa shape index (κ3) is 4.14. The fourth-order valence-electron chi connectivity index (χ4n) is 2.81. The van der Waals surface area contributed by atoms with Crippen molar-refractivity contribution in [2.75, 3.05) is 26.7 Å². The van der Waals surface area contributed by atoms with Gasteiger partial charge in [-0.2, -0.15) is 18.3 Å². The molecule has 1 atom stereocenters. The highest BCUT2D eigenvalue weighted by Crippen LogP contribution is 2.28. The second-order valence-corrected chi connectivity index (χ2v) is 6.01. The highest BCUT2D eigenvalue weighted by molar-refractivity contribution is 5.88. The van der Waals surface area contributed by atoms with Crippen molar-refractivity contribution < 1.29 is 27.6 Å². The Morgan fingerprint density at radius 3 is 2.46 bits per heavy atom. The van der Waals surface area contributed by atoms with E-state index in [0.717, 1.165) is 10.7 Å². The summed E-state index contributed by atoms with van der Waals surface area (Å²) >= 11 is 0. The molecule has 0 unspecified atom stereocenters. The standard InChI is InChI=1S/C15H20F3N5O3/c1-9-6-12(15(16,17)18)20-23(9)8-13(25)21-4-5-22(10(2)24)11(7-21)14(26)19-3/h6,11H,4-5,7-8H2,1-3H3,(H,19,26)/t11-/m0/s1. The van der Waals surface area contributed by atoms with E-state index in [1.807, 2.05) is 0 Å². The van der Waals surface area contributed by atoms with Crippen molar-refractivity contribution in [2.24, 2.45) is 0 Å². The Bertz CT molecular complexity index is 716. The van der Waals surface area contributed by atoms with Crippen LogP contribution in [0.25, 0.3) is 0 Å². The van der Waals surface area contributed by atoms with Crippen LogP contribution in [0, 0.1) is 6.92 Å². The fraction of sp³-hybridized carbons (Fsp3) is 0.600. The first kappa shape index (κ1) is 19.7. The Morgan fingerprint density at radius 2 is 1.96 bits per heavy atom. The van der Waals surface area contributed by atoms with Gasteiger partial charge in [0.2, 0.25) is 17.7 Å². The number of carbonyl (C=O) groups is 3. The van der Waals surface area contributed by atoms with Gasteiger partial charge in [-0.1, -0.05) is 0 Å². The van der Waals surface area contributed by atoms with E-state index in [4.69, 9.17) is 0 Å². The van der Waals surface area contributed by atoms with E-state index in [9.17, 15) is 27.6 Å². The first-order chi connectivity index (χ1) is 12.0. The van der Waals surface area contributed by atoms with Gasteiger partial charge in [0, 0.05) is 32.8 Å². The Balaban J connectivity index is 2.12. The van der Waals surface area contributed by atoms with Gasteiger partial charge in [-0.25, -0.2) is 0 Å². The first-order valence-electron chi connectivity index (χ1n) is 7.92. The van der Waals surface area contributed by atoms with Gasteiger partial charge in [-0.05, 0) is 13.0 Å². The van der Waals surface area contributed by atoms with E-state index >= 15 is 0 Å². The molecule has 1 N–H and O–H groups in total. The Labute approximate surface area is 147 Å². The van der Waals surface area contributed by atoms with Crippen LogP contribution >= 0.6 is 0 Å². The summed E-state index contributed by atoms with van der Waals surface area (Å²) in [7, 11) is 1.42. The van der Waals surface area contributed by atoms with E-state index in [2.05, 4.69) is 10.4 Å². The van der Waals surface area contributed by atoms with Crippen LogP contribution in [0.4, 0.5) is 13.2 Å². The summed E-state index contributed by atoms with van der Waals surface area (Å²) in [4.78, 5) is 38.8. The summed E-state index contributed by atoms with van der Waals surface area (Å²) in [5, 5.41) is 5.87. The zero-order valence-electron chi connectivity index (χ0n) is 14.6. The molecule has 26 heavy (non-hydrogen) atoms. The second-order valence-electron chi connectivity index (χ2n) is 6.01. The lowest BCUT2D eigenvalue weighted by molar-refractivity contribution is -0.147. The third-order valence-corrected chi connectivity index (χ3v) is 4.24. The lowest BCUT2D eigenvalue weighted by Crippen LogP contribution is -2.61. The van der Waals surface area contributed by atoms with E-state index in [1.165, 1.54) is 30.7 Å². The number of amides is 3. The van der Waals surface area contributed by atoms with Gasteiger partial charge in [-0.15, -0.1) is 0 Å². The van der Waals surface area contributed by atoms with E-state index in [0.29, 0.717) is 0 Å². The molecule has 0 saturated carbocycles. The molecule has 144 valence electrons. The lowest BCUT2D eigenvalue weighted by Gasteiger charge is -2.40. The number of nitrogens with zero attached hydrogens (tertiary/aromatic N) is 4.